The van der Waals surface area contributed by atoms with Crippen molar-refractivity contribution in [2.75, 3.05) is 0 Å². The average Bonchev–Trinajstić information content (AvgIpc) is 2.67. The Hall–Kier alpha value is -0.613. The summed E-state index contributed by atoms with van der Waals surface area (Å²) in [6.07, 6.45) is 2.05. The first-order valence-electron chi connectivity index (χ1n) is 6.74. The minimum absolute atomic E-state index is 0.193. The first kappa shape index (κ1) is 14.8. The zero-order valence-electron chi connectivity index (χ0n) is 12.4. The van der Waals surface area contributed by atoms with Crippen LogP contribution in [0.3, 0.4) is 0 Å². The second-order valence-electron chi connectivity index (χ2n) is 6.69. The number of rotatable bonds is 2. The second-order valence-corrected chi connectivity index (χ2v) is 12.3. The molecule has 4 heteroatoms. The molecule has 0 aromatic heterocycles. The molecule has 0 bridgehead atoms. The molecule has 19 heavy (non-hydrogen) atoms. The van der Waals surface area contributed by atoms with Crippen molar-refractivity contribution in [3.8, 4) is 0 Å². The first-order valence-corrected chi connectivity index (χ1v) is 10.4. The van der Waals surface area contributed by atoms with Gasteiger partial charge in [-0.1, -0.05) is 42.8 Å². The van der Waals surface area contributed by atoms with Crippen molar-refractivity contribution in [2.45, 2.75) is 51.7 Å². The highest BCUT2D eigenvalue weighted by molar-refractivity contribution is 9.10. The lowest BCUT2D eigenvalue weighted by Crippen LogP contribution is -2.39. The molecule has 0 amide bonds. The summed E-state index contributed by atoms with van der Waals surface area (Å²) in [5, 5.41) is 4.69. The summed E-state index contributed by atoms with van der Waals surface area (Å²) >= 11 is 3.52. The van der Waals surface area contributed by atoms with Gasteiger partial charge in [-0.15, -0.1) is 5.16 Å². The molecule has 1 aliphatic carbocycles. The molecule has 0 saturated heterocycles. The third-order valence-electron chi connectivity index (χ3n) is 4.20. The number of halogens is 1. The van der Waals surface area contributed by atoms with Crippen LogP contribution in [0.1, 0.15) is 38.3 Å². The zero-order valence-corrected chi connectivity index (χ0v) is 15.0. The van der Waals surface area contributed by atoms with Crippen molar-refractivity contribution in [3.05, 3.63) is 33.8 Å². The molecular formula is C15H22BrNOSi. The summed E-state index contributed by atoms with van der Waals surface area (Å²) in [7, 11) is -1.80. The number of hydrogen-bond donors (Lipinski definition) is 0. The smallest absolute Gasteiger partial charge is 0.286 e. The lowest BCUT2D eigenvalue weighted by atomic mass is 10.1. The van der Waals surface area contributed by atoms with Crippen molar-refractivity contribution in [1.82, 2.24) is 0 Å². The summed E-state index contributed by atoms with van der Waals surface area (Å²) in [5.74, 6) is 0. The normalized spacial score (nSPS) is 17.7. The van der Waals surface area contributed by atoms with Crippen LogP contribution in [0.2, 0.25) is 18.1 Å². The summed E-state index contributed by atoms with van der Waals surface area (Å²) in [6, 6.07) is 6.40. The largest absolute Gasteiger partial charge is 0.455 e. The lowest BCUT2D eigenvalue weighted by molar-refractivity contribution is 0.307. The molecule has 2 nitrogen and oxygen atoms in total. The minimum atomic E-state index is -1.80. The Morgan fingerprint density at radius 1 is 1.21 bits per heavy atom. The van der Waals surface area contributed by atoms with Crippen molar-refractivity contribution < 1.29 is 4.53 Å². The molecule has 0 spiro atoms. The van der Waals surface area contributed by atoms with E-state index in [1.165, 1.54) is 11.1 Å². The van der Waals surface area contributed by atoms with E-state index in [1.54, 1.807) is 0 Å². The lowest BCUT2D eigenvalue weighted by Gasteiger charge is -2.33. The number of fused-ring (bicyclic) bond motifs is 1. The fourth-order valence-electron chi connectivity index (χ4n) is 1.84. The van der Waals surface area contributed by atoms with Crippen LogP contribution < -0.4 is 0 Å². The summed E-state index contributed by atoms with van der Waals surface area (Å²) < 4.78 is 7.12. The Bertz CT molecular complexity index is 517. The van der Waals surface area contributed by atoms with E-state index in [1.807, 2.05) is 0 Å². The molecule has 0 unspecified atom stereocenters. The van der Waals surface area contributed by atoms with Crippen LogP contribution in [0.15, 0.2) is 27.8 Å². The maximum Gasteiger partial charge on any atom is 0.286 e. The van der Waals surface area contributed by atoms with Crippen molar-refractivity contribution in [3.63, 3.8) is 0 Å². The van der Waals surface area contributed by atoms with Crippen LogP contribution in [-0.2, 0) is 10.9 Å². The quantitative estimate of drug-likeness (QED) is 0.541. The fraction of sp³-hybridized carbons (Fsp3) is 0.533. The summed E-state index contributed by atoms with van der Waals surface area (Å²) in [4.78, 5) is 0. The van der Waals surface area contributed by atoms with Gasteiger partial charge in [0.05, 0.1) is 5.71 Å². The van der Waals surface area contributed by atoms with Gasteiger partial charge in [-0.3, -0.25) is 0 Å². The van der Waals surface area contributed by atoms with Crippen LogP contribution >= 0.6 is 15.9 Å². The molecule has 0 saturated carbocycles. The van der Waals surface area contributed by atoms with E-state index in [0.717, 1.165) is 23.0 Å². The highest BCUT2D eigenvalue weighted by Crippen LogP contribution is 2.37. The van der Waals surface area contributed by atoms with E-state index in [4.69, 9.17) is 4.53 Å². The van der Waals surface area contributed by atoms with Gasteiger partial charge in [-0.2, -0.15) is 0 Å². The van der Waals surface area contributed by atoms with E-state index in [2.05, 4.69) is 73.1 Å². The molecular weight excluding hydrogens is 318 g/mol. The molecule has 0 atom stereocenters. The van der Waals surface area contributed by atoms with Crippen LogP contribution in [0.4, 0.5) is 0 Å². The number of aryl methyl sites for hydroxylation is 1. The number of hydrogen-bond acceptors (Lipinski definition) is 2. The maximum absolute atomic E-state index is 5.98. The van der Waals surface area contributed by atoms with Crippen LogP contribution in [0, 0.1) is 0 Å². The van der Waals surface area contributed by atoms with Gasteiger partial charge in [0.1, 0.15) is 0 Å². The Morgan fingerprint density at radius 3 is 2.53 bits per heavy atom. The third-order valence-corrected chi connectivity index (χ3v) is 8.85. The van der Waals surface area contributed by atoms with E-state index in [0.29, 0.717) is 0 Å². The van der Waals surface area contributed by atoms with Gasteiger partial charge in [0.15, 0.2) is 0 Å². The van der Waals surface area contributed by atoms with E-state index < -0.39 is 8.32 Å². The van der Waals surface area contributed by atoms with Gasteiger partial charge in [0.25, 0.3) is 8.32 Å². The van der Waals surface area contributed by atoms with Crippen LogP contribution in [0.25, 0.3) is 0 Å². The molecule has 0 radical (unpaired) electrons. The minimum Gasteiger partial charge on any atom is -0.455 e. The van der Waals surface area contributed by atoms with E-state index in [9.17, 15) is 0 Å². The Labute approximate surface area is 125 Å². The highest BCUT2D eigenvalue weighted by atomic mass is 79.9. The molecule has 0 N–H and O–H groups in total. The first-order chi connectivity index (χ1) is 8.71. The third kappa shape index (κ3) is 3.11. The fourth-order valence-corrected chi connectivity index (χ4v) is 2.86. The molecule has 1 aromatic rings. The Kier molecular flexibility index (Phi) is 3.94. The van der Waals surface area contributed by atoms with Crippen LogP contribution in [-0.4, -0.2) is 14.0 Å². The molecule has 1 aromatic carbocycles. The molecule has 0 heterocycles. The molecule has 1 aliphatic rings. The molecule has 2 rings (SSSR count). The monoisotopic (exact) mass is 339 g/mol. The van der Waals surface area contributed by atoms with E-state index in [-0.39, 0.29) is 5.04 Å². The van der Waals surface area contributed by atoms with Gasteiger partial charge in [0, 0.05) is 10.0 Å². The topological polar surface area (TPSA) is 21.6 Å². The molecule has 104 valence electrons. The standard InChI is InChI=1S/C15H22BrNOSi/c1-15(2,3)19(4,5)18-17-14-9-6-11-10-12(16)7-8-13(11)14/h7-8,10H,6,9H2,1-5H3/b17-14-. The van der Waals surface area contributed by atoms with Crippen molar-refractivity contribution >= 4 is 30.0 Å². The Balaban J connectivity index is 2.21. The summed E-state index contributed by atoms with van der Waals surface area (Å²) in [5.41, 5.74) is 3.72. The van der Waals surface area contributed by atoms with Gasteiger partial charge < -0.3 is 4.53 Å². The second kappa shape index (κ2) is 5.06. The molecule has 0 fully saturated rings. The maximum atomic E-state index is 5.98. The number of nitrogens with zero attached hydrogens (tertiary/aromatic N) is 1. The van der Waals surface area contributed by atoms with Gasteiger partial charge in [-0.25, -0.2) is 0 Å². The SMILES string of the molecule is CC(C)(C)[Si](C)(C)O/N=C1/CCc2cc(Br)ccc21. The zero-order chi connectivity index (χ0) is 14.3. The number of oxime groups is 1. The predicted octanol–water partition coefficient (Wildman–Crippen LogP) is 5.12. The van der Waals surface area contributed by atoms with Crippen molar-refractivity contribution in [1.29, 1.82) is 0 Å². The van der Waals surface area contributed by atoms with Gasteiger partial charge in [-0.05, 0) is 48.7 Å². The number of benzene rings is 1. The average molecular weight is 340 g/mol. The van der Waals surface area contributed by atoms with Gasteiger partial charge >= 0.3 is 0 Å². The predicted molar refractivity (Wildman–Crippen MR) is 87.3 cm³/mol. The Morgan fingerprint density at radius 2 is 1.89 bits per heavy atom. The highest BCUT2D eigenvalue weighted by Gasteiger charge is 2.40. The van der Waals surface area contributed by atoms with Crippen LogP contribution in [0.5, 0.6) is 0 Å². The van der Waals surface area contributed by atoms with E-state index >= 15 is 0 Å². The summed E-state index contributed by atoms with van der Waals surface area (Å²) in [6.45, 7) is 11.2. The van der Waals surface area contributed by atoms with Crippen molar-refractivity contribution in [2.24, 2.45) is 5.16 Å². The molecule has 0 aliphatic heterocycles. The van der Waals surface area contributed by atoms with Gasteiger partial charge in [0.2, 0.25) is 0 Å².